The van der Waals surface area contributed by atoms with E-state index in [1.54, 1.807) is 18.5 Å². The van der Waals surface area contributed by atoms with E-state index < -0.39 is 0 Å². The molecule has 0 fully saturated rings. The first-order chi connectivity index (χ1) is 9.20. The fraction of sp³-hybridized carbons (Fsp3) is 0.267. The van der Waals surface area contributed by atoms with Crippen molar-refractivity contribution in [1.29, 1.82) is 0 Å². The number of alkyl halides is 1. The summed E-state index contributed by atoms with van der Waals surface area (Å²) in [4.78, 5) is 6.09. The number of hydrogen-bond donors (Lipinski definition) is 0. The number of benzene rings is 1. The van der Waals surface area contributed by atoms with Gasteiger partial charge in [-0.05, 0) is 47.9 Å². The van der Waals surface area contributed by atoms with Gasteiger partial charge in [0.25, 0.3) is 0 Å². The molecule has 0 radical (unpaired) electrons. The Hall–Kier alpha value is -1.61. The van der Waals surface area contributed by atoms with Crippen molar-refractivity contribution in [3.05, 3.63) is 59.7 Å². The number of hydrogen-bond acceptors (Lipinski definition) is 2. The molecule has 0 spiro atoms. The molecule has 0 N–H and O–H groups in total. The maximum atomic E-state index is 13.2. The third kappa shape index (κ3) is 3.67. The molecule has 1 heterocycles. The highest BCUT2D eigenvalue weighted by molar-refractivity contribution is 6.17. The van der Waals surface area contributed by atoms with E-state index in [0.29, 0.717) is 5.88 Å². The lowest BCUT2D eigenvalue weighted by Crippen LogP contribution is -2.21. The van der Waals surface area contributed by atoms with E-state index in [2.05, 4.69) is 9.88 Å². The Bertz CT molecular complexity index is 531. The number of nitrogens with zero attached hydrogens (tertiary/aromatic N) is 2. The highest BCUT2D eigenvalue weighted by atomic mass is 35.5. The van der Waals surface area contributed by atoms with E-state index in [9.17, 15) is 4.39 Å². The summed E-state index contributed by atoms with van der Waals surface area (Å²) < 4.78 is 13.2. The van der Waals surface area contributed by atoms with Crippen LogP contribution in [0.1, 0.15) is 11.1 Å². The van der Waals surface area contributed by atoms with Gasteiger partial charge in [-0.1, -0.05) is 0 Å². The zero-order chi connectivity index (χ0) is 13.7. The Morgan fingerprint density at radius 2 is 1.95 bits per heavy atom. The van der Waals surface area contributed by atoms with Crippen LogP contribution in [0.2, 0.25) is 0 Å². The van der Waals surface area contributed by atoms with E-state index >= 15 is 0 Å². The van der Waals surface area contributed by atoms with Crippen LogP contribution in [-0.2, 0) is 12.3 Å². The average molecular weight is 279 g/mol. The predicted octanol–water partition coefficient (Wildman–Crippen LogP) is 3.64. The normalized spacial score (nSPS) is 10.5. The Morgan fingerprint density at radius 3 is 2.63 bits per heavy atom. The van der Waals surface area contributed by atoms with Gasteiger partial charge in [0.2, 0.25) is 0 Å². The van der Waals surface area contributed by atoms with Crippen LogP contribution in [0.15, 0.2) is 42.7 Å². The highest BCUT2D eigenvalue weighted by Gasteiger charge is 2.08. The molecule has 1 aromatic heterocycles. The molecule has 2 nitrogen and oxygen atoms in total. The minimum Gasteiger partial charge on any atom is -0.374 e. The summed E-state index contributed by atoms with van der Waals surface area (Å²) in [6.45, 7) is 0.847. The summed E-state index contributed by atoms with van der Waals surface area (Å²) in [7, 11) is 1.99. The minimum absolute atomic E-state index is 0.248. The molecular formula is C15H16ClFN2. The Balaban J connectivity index is 2.05. The second-order valence-corrected chi connectivity index (χ2v) is 4.70. The molecule has 2 rings (SSSR count). The molecule has 0 aliphatic rings. The van der Waals surface area contributed by atoms with Gasteiger partial charge in [0.05, 0.1) is 0 Å². The fourth-order valence-electron chi connectivity index (χ4n) is 2.00. The smallest absolute Gasteiger partial charge is 0.123 e. The molecule has 0 aliphatic heterocycles. The quantitative estimate of drug-likeness (QED) is 0.777. The Labute approximate surface area is 117 Å². The number of aromatic nitrogens is 1. The maximum absolute atomic E-state index is 13.2. The molecule has 0 saturated carbocycles. The van der Waals surface area contributed by atoms with Gasteiger partial charge in [0, 0.05) is 37.6 Å². The fourth-order valence-corrected chi connectivity index (χ4v) is 2.21. The molecule has 4 heteroatoms. The average Bonchev–Trinajstić information content (AvgIpc) is 2.45. The van der Waals surface area contributed by atoms with Crippen molar-refractivity contribution in [2.75, 3.05) is 18.5 Å². The van der Waals surface area contributed by atoms with E-state index in [1.807, 2.05) is 19.2 Å². The number of pyridine rings is 1. The maximum Gasteiger partial charge on any atom is 0.123 e. The van der Waals surface area contributed by atoms with Crippen LogP contribution in [0.25, 0.3) is 0 Å². The summed E-state index contributed by atoms with van der Waals surface area (Å²) in [5.41, 5.74) is 3.03. The highest BCUT2D eigenvalue weighted by Crippen LogP contribution is 2.22. The monoisotopic (exact) mass is 278 g/mol. The van der Waals surface area contributed by atoms with E-state index in [4.69, 9.17) is 11.6 Å². The van der Waals surface area contributed by atoms with Crippen LogP contribution in [0, 0.1) is 5.82 Å². The van der Waals surface area contributed by atoms with Crippen LogP contribution >= 0.6 is 11.6 Å². The van der Waals surface area contributed by atoms with Crippen molar-refractivity contribution < 1.29 is 4.39 Å². The number of halogens is 2. The van der Waals surface area contributed by atoms with Crippen LogP contribution in [0.3, 0.4) is 0 Å². The van der Waals surface area contributed by atoms with E-state index in [1.165, 1.54) is 17.7 Å². The van der Waals surface area contributed by atoms with Crippen LogP contribution in [-0.4, -0.2) is 18.6 Å². The number of likely N-dealkylation sites (N-methyl/N-ethyl adjacent to an activating group) is 1. The van der Waals surface area contributed by atoms with Crippen molar-refractivity contribution in [3.63, 3.8) is 0 Å². The van der Waals surface area contributed by atoms with Crippen LogP contribution < -0.4 is 4.90 Å². The summed E-state index contributed by atoms with van der Waals surface area (Å²) >= 11 is 5.86. The zero-order valence-electron chi connectivity index (χ0n) is 10.8. The molecule has 1 aromatic carbocycles. The largest absolute Gasteiger partial charge is 0.374 e. The molecule has 0 amide bonds. The predicted molar refractivity (Wildman–Crippen MR) is 77.2 cm³/mol. The third-order valence-corrected chi connectivity index (χ3v) is 3.37. The van der Waals surface area contributed by atoms with Crippen molar-refractivity contribution in [3.8, 4) is 0 Å². The van der Waals surface area contributed by atoms with Gasteiger partial charge in [-0.3, -0.25) is 4.98 Å². The Morgan fingerprint density at radius 1 is 1.21 bits per heavy atom. The summed E-state index contributed by atoms with van der Waals surface area (Å²) in [6, 6.07) is 8.74. The van der Waals surface area contributed by atoms with Gasteiger partial charge in [0.15, 0.2) is 0 Å². The SMILES string of the molecule is CN(CCc1ccncc1)c1ccc(F)cc1CCl. The summed E-state index contributed by atoms with van der Waals surface area (Å²) in [5.74, 6) is 0.0640. The van der Waals surface area contributed by atoms with Crippen LogP contribution in [0.4, 0.5) is 10.1 Å². The molecular weight excluding hydrogens is 263 g/mol. The lowest BCUT2D eigenvalue weighted by Gasteiger charge is -2.22. The first kappa shape index (κ1) is 13.8. The molecule has 0 bridgehead atoms. The summed E-state index contributed by atoms with van der Waals surface area (Å²) in [6.07, 6.45) is 4.49. The third-order valence-electron chi connectivity index (χ3n) is 3.08. The second kappa shape index (κ2) is 6.53. The molecule has 19 heavy (non-hydrogen) atoms. The van der Waals surface area contributed by atoms with E-state index in [-0.39, 0.29) is 5.82 Å². The molecule has 0 aliphatic carbocycles. The van der Waals surface area contributed by atoms with Gasteiger partial charge >= 0.3 is 0 Å². The van der Waals surface area contributed by atoms with Gasteiger partial charge in [-0.2, -0.15) is 0 Å². The number of rotatable bonds is 5. The lowest BCUT2D eigenvalue weighted by molar-refractivity contribution is 0.626. The van der Waals surface area contributed by atoms with Gasteiger partial charge in [-0.15, -0.1) is 11.6 Å². The molecule has 2 aromatic rings. The minimum atomic E-state index is -0.248. The van der Waals surface area contributed by atoms with Crippen molar-refractivity contribution in [1.82, 2.24) is 4.98 Å². The van der Waals surface area contributed by atoms with E-state index in [0.717, 1.165) is 24.2 Å². The first-order valence-electron chi connectivity index (χ1n) is 6.15. The van der Waals surface area contributed by atoms with Gasteiger partial charge < -0.3 is 4.90 Å². The first-order valence-corrected chi connectivity index (χ1v) is 6.68. The number of anilines is 1. The molecule has 0 saturated heterocycles. The molecule has 0 unspecified atom stereocenters. The second-order valence-electron chi connectivity index (χ2n) is 4.43. The van der Waals surface area contributed by atoms with Gasteiger partial charge in [0.1, 0.15) is 5.82 Å². The van der Waals surface area contributed by atoms with Crippen LogP contribution in [0.5, 0.6) is 0 Å². The summed E-state index contributed by atoms with van der Waals surface area (Å²) in [5, 5.41) is 0. The molecule has 0 atom stereocenters. The lowest BCUT2D eigenvalue weighted by atomic mass is 10.1. The standard InChI is InChI=1S/C15H16ClFN2/c1-19(9-6-12-4-7-18-8-5-12)15-3-2-14(17)10-13(15)11-16/h2-5,7-8,10H,6,9,11H2,1H3. The topological polar surface area (TPSA) is 16.1 Å². The van der Waals surface area contributed by atoms with Crippen molar-refractivity contribution in [2.24, 2.45) is 0 Å². The molecule has 100 valence electrons. The zero-order valence-corrected chi connectivity index (χ0v) is 11.6. The van der Waals surface area contributed by atoms with Crippen molar-refractivity contribution in [2.45, 2.75) is 12.3 Å². The van der Waals surface area contributed by atoms with Gasteiger partial charge in [-0.25, -0.2) is 4.39 Å². The van der Waals surface area contributed by atoms with Crippen molar-refractivity contribution >= 4 is 17.3 Å². The Kier molecular flexibility index (Phi) is 4.74.